The summed E-state index contributed by atoms with van der Waals surface area (Å²) in [6.07, 6.45) is 0. The molecular formula is C20H13ClFNOS. The number of phenolic OH excluding ortho intramolecular Hbond substituents is 1. The van der Waals surface area contributed by atoms with E-state index in [-0.39, 0.29) is 16.3 Å². The average molecular weight is 370 g/mol. The van der Waals surface area contributed by atoms with Crippen LogP contribution in [-0.2, 0) is 0 Å². The van der Waals surface area contributed by atoms with E-state index >= 15 is 4.39 Å². The normalized spacial score (nSPS) is 11.3. The summed E-state index contributed by atoms with van der Waals surface area (Å²) in [6.45, 7) is 5.79. The van der Waals surface area contributed by atoms with Gasteiger partial charge in [-0.05, 0) is 41.0 Å². The first-order valence-electron chi connectivity index (χ1n) is 7.61. The van der Waals surface area contributed by atoms with E-state index in [2.05, 4.69) is 11.6 Å². The predicted molar refractivity (Wildman–Crippen MR) is 104 cm³/mol. The van der Waals surface area contributed by atoms with Crippen LogP contribution in [-0.4, -0.2) is 10.1 Å². The van der Waals surface area contributed by atoms with Crippen molar-refractivity contribution in [3.05, 3.63) is 64.9 Å². The highest BCUT2D eigenvalue weighted by atomic mass is 35.5. The van der Waals surface area contributed by atoms with Crippen molar-refractivity contribution in [1.82, 2.24) is 4.98 Å². The summed E-state index contributed by atoms with van der Waals surface area (Å²) in [5.41, 5.74) is 4.29. The predicted octanol–water partition coefficient (Wildman–Crippen LogP) is 6.65. The number of nitrogens with zero attached hydrogens (tertiary/aromatic N) is 1. The smallest absolute Gasteiger partial charge is 0.152 e. The van der Waals surface area contributed by atoms with Gasteiger partial charge in [0.05, 0.1) is 20.7 Å². The fourth-order valence-corrected chi connectivity index (χ4v) is 4.32. The molecule has 25 heavy (non-hydrogen) atoms. The summed E-state index contributed by atoms with van der Waals surface area (Å²) in [7, 11) is 0. The van der Waals surface area contributed by atoms with Crippen molar-refractivity contribution >= 4 is 49.5 Å². The number of benzene rings is 3. The van der Waals surface area contributed by atoms with Crippen molar-refractivity contribution < 1.29 is 9.50 Å². The molecule has 0 aliphatic rings. The summed E-state index contributed by atoms with van der Waals surface area (Å²) in [5.74, 6) is -0.367. The number of hydrogen-bond acceptors (Lipinski definition) is 3. The van der Waals surface area contributed by atoms with Gasteiger partial charge < -0.3 is 5.11 Å². The van der Waals surface area contributed by atoms with Crippen LogP contribution in [0.5, 0.6) is 5.75 Å². The molecule has 0 fully saturated rings. The number of rotatable bonds is 2. The van der Waals surface area contributed by atoms with Crippen LogP contribution in [0.15, 0.2) is 48.5 Å². The Morgan fingerprint density at radius 3 is 2.80 bits per heavy atom. The minimum atomic E-state index is -0.428. The van der Waals surface area contributed by atoms with Crippen LogP contribution in [0.4, 0.5) is 4.39 Å². The summed E-state index contributed by atoms with van der Waals surface area (Å²) in [5, 5.41) is 12.0. The van der Waals surface area contributed by atoms with Crippen LogP contribution in [0.3, 0.4) is 0 Å². The van der Waals surface area contributed by atoms with Gasteiger partial charge in [0.2, 0.25) is 0 Å². The Bertz CT molecular complexity index is 1170. The topological polar surface area (TPSA) is 33.1 Å². The third-order valence-electron chi connectivity index (χ3n) is 4.20. The highest BCUT2D eigenvalue weighted by Crippen LogP contribution is 2.45. The maximum absolute atomic E-state index is 15.3. The summed E-state index contributed by atoms with van der Waals surface area (Å²) in [4.78, 5) is 4.26. The lowest BCUT2D eigenvalue weighted by Crippen LogP contribution is -1.94. The molecule has 0 aliphatic heterocycles. The molecule has 0 radical (unpaired) electrons. The maximum Gasteiger partial charge on any atom is 0.152 e. The number of fused-ring (bicyclic) bond motifs is 2. The second kappa shape index (κ2) is 5.83. The molecule has 0 spiro atoms. The van der Waals surface area contributed by atoms with E-state index in [0.717, 1.165) is 10.8 Å². The number of thiazole rings is 1. The van der Waals surface area contributed by atoms with E-state index in [4.69, 9.17) is 11.6 Å². The Kier molecular flexibility index (Phi) is 3.74. The van der Waals surface area contributed by atoms with Gasteiger partial charge in [-0.25, -0.2) is 9.37 Å². The summed E-state index contributed by atoms with van der Waals surface area (Å²) < 4.78 is 15.8. The van der Waals surface area contributed by atoms with Crippen LogP contribution >= 0.6 is 22.9 Å². The zero-order valence-electron chi connectivity index (χ0n) is 13.3. The van der Waals surface area contributed by atoms with Crippen molar-refractivity contribution in [2.24, 2.45) is 0 Å². The van der Waals surface area contributed by atoms with Crippen molar-refractivity contribution in [1.29, 1.82) is 0 Å². The molecule has 124 valence electrons. The first kappa shape index (κ1) is 16.1. The van der Waals surface area contributed by atoms with Crippen LogP contribution in [0.1, 0.15) is 12.5 Å². The summed E-state index contributed by atoms with van der Waals surface area (Å²) in [6, 6.07) is 10.7. The second-order valence-electron chi connectivity index (χ2n) is 5.90. The van der Waals surface area contributed by atoms with E-state index in [9.17, 15) is 5.11 Å². The molecule has 0 saturated heterocycles. The third kappa shape index (κ3) is 2.41. The quantitative estimate of drug-likeness (QED) is 0.429. The van der Waals surface area contributed by atoms with E-state index < -0.39 is 5.82 Å². The molecular weight excluding hydrogens is 357 g/mol. The van der Waals surface area contributed by atoms with E-state index in [1.54, 1.807) is 17.6 Å². The Balaban J connectivity index is 2.21. The van der Waals surface area contributed by atoms with Gasteiger partial charge in [0, 0.05) is 11.1 Å². The molecule has 0 unspecified atom stereocenters. The molecule has 0 amide bonds. The summed E-state index contributed by atoms with van der Waals surface area (Å²) >= 11 is 7.84. The van der Waals surface area contributed by atoms with Gasteiger partial charge in [0.15, 0.2) is 5.82 Å². The van der Waals surface area contributed by atoms with Crippen molar-refractivity contribution in [2.75, 3.05) is 0 Å². The number of aromatic hydroxyl groups is 1. The minimum absolute atomic E-state index is 0.0606. The Morgan fingerprint density at radius 2 is 2.04 bits per heavy atom. The van der Waals surface area contributed by atoms with Crippen LogP contribution in [0.2, 0.25) is 5.02 Å². The third-order valence-corrected chi connectivity index (χ3v) is 5.40. The Hall–Kier alpha value is -2.43. The molecule has 1 N–H and O–H groups in total. The molecule has 0 atom stereocenters. The Labute approximate surface area is 152 Å². The van der Waals surface area contributed by atoms with Crippen molar-refractivity contribution in [2.45, 2.75) is 6.92 Å². The van der Waals surface area contributed by atoms with E-state index in [1.165, 1.54) is 11.3 Å². The van der Waals surface area contributed by atoms with Gasteiger partial charge in [-0.2, -0.15) is 0 Å². The molecule has 0 saturated carbocycles. The number of halogens is 2. The number of phenols is 1. The van der Waals surface area contributed by atoms with Gasteiger partial charge in [-0.3, -0.25) is 0 Å². The van der Waals surface area contributed by atoms with Gasteiger partial charge in [0.1, 0.15) is 5.75 Å². The molecule has 5 heteroatoms. The van der Waals surface area contributed by atoms with Crippen molar-refractivity contribution in [3.8, 4) is 16.9 Å². The fourth-order valence-electron chi connectivity index (χ4n) is 3.15. The standard InChI is InChI=1S/C20H13ClFNOS/c1-10(2)15-17(21)16(18(22)20-19(15)23-9-25-20)14-8-12(24)7-11-5-3-4-6-13(11)14/h3-9,24H,1H2,2H3. The van der Waals surface area contributed by atoms with Gasteiger partial charge in [-0.1, -0.05) is 42.4 Å². The van der Waals surface area contributed by atoms with Gasteiger partial charge in [-0.15, -0.1) is 11.3 Å². The average Bonchev–Trinajstić information content (AvgIpc) is 3.03. The van der Waals surface area contributed by atoms with E-state index in [0.29, 0.717) is 26.9 Å². The lowest BCUT2D eigenvalue weighted by atomic mass is 9.94. The lowest BCUT2D eigenvalue weighted by molar-refractivity contribution is 0.476. The minimum Gasteiger partial charge on any atom is -0.508 e. The molecule has 4 rings (SSSR count). The highest BCUT2D eigenvalue weighted by molar-refractivity contribution is 7.16. The van der Waals surface area contributed by atoms with Gasteiger partial charge >= 0.3 is 0 Å². The SMILES string of the molecule is C=C(C)c1c(Cl)c(-c2cc(O)cc3ccccc23)c(F)c2scnc12. The molecule has 0 bridgehead atoms. The number of hydrogen-bond donors (Lipinski definition) is 1. The van der Waals surface area contributed by atoms with Gasteiger partial charge in [0.25, 0.3) is 0 Å². The first-order valence-corrected chi connectivity index (χ1v) is 8.87. The fraction of sp³-hybridized carbons (Fsp3) is 0.0500. The number of aromatic nitrogens is 1. The molecule has 0 aliphatic carbocycles. The van der Waals surface area contributed by atoms with Crippen molar-refractivity contribution in [3.63, 3.8) is 0 Å². The number of allylic oxidation sites excluding steroid dienone is 1. The zero-order chi connectivity index (χ0) is 17.7. The molecule has 1 aromatic heterocycles. The molecule has 1 heterocycles. The van der Waals surface area contributed by atoms with Crippen LogP contribution in [0, 0.1) is 5.82 Å². The largest absolute Gasteiger partial charge is 0.508 e. The van der Waals surface area contributed by atoms with E-state index in [1.807, 2.05) is 31.2 Å². The molecule has 4 aromatic rings. The van der Waals surface area contributed by atoms with Crippen LogP contribution < -0.4 is 0 Å². The monoisotopic (exact) mass is 369 g/mol. The zero-order valence-corrected chi connectivity index (χ0v) is 14.9. The maximum atomic E-state index is 15.3. The molecule has 2 nitrogen and oxygen atoms in total. The second-order valence-corrected chi connectivity index (χ2v) is 7.14. The van der Waals surface area contributed by atoms with Crippen LogP contribution in [0.25, 0.3) is 37.7 Å². The lowest BCUT2D eigenvalue weighted by Gasteiger charge is -2.15. The molecule has 3 aromatic carbocycles. The highest BCUT2D eigenvalue weighted by Gasteiger charge is 2.23. The first-order chi connectivity index (χ1) is 12.0. The Morgan fingerprint density at radius 1 is 1.28 bits per heavy atom.